The first-order chi connectivity index (χ1) is 7.40. The Balaban J connectivity index is 3.27. The van der Waals surface area contributed by atoms with Gasteiger partial charge in [0, 0.05) is 0 Å². The van der Waals surface area contributed by atoms with Crippen LogP contribution in [-0.4, -0.2) is 19.3 Å². The fourth-order valence-electron chi connectivity index (χ4n) is 1.15. The number of alkyl halides is 3. The van der Waals surface area contributed by atoms with Crippen molar-refractivity contribution in [3.63, 3.8) is 0 Å². The molecule has 1 aromatic carbocycles. The highest BCUT2D eigenvalue weighted by molar-refractivity contribution is 7.80. The molecular weight excluding hydrogens is 241 g/mol. The second kappa shape index (κ2) is 4.69. The predicted octanol–water partition coefficient (Wildman–Crippen LogP) is 3.04. The number of hydrogen-bond donors (Lipinski definition) is 0. The van der Waals surface area contributed by atoms with Gasteiger partial charge in [0.15, 0.2) is 5.05 Å². The van der Waals surface area contributed by atoms with E-state index in [0.29, 0.717) is 0 Å². The highest BCUT2D eigenvalue weighted by Crippen LogP contribution is 2.32. The van der Waals surface area contributed by atoms with Crippen LogP contribution in [0, 0.1) is 0 Å². The number of methoxy groups -OCH3 is 2. The number of thiocarbonyl (C=S) groups is 1. The molecule has 0 radical (unpaired) electrons. The van der Waals surface area contributed by atoms with Crippen LogP contribution in [-0.2, 0) is 10.9 Å². The minimum Gasteiger partial charge on any atom is -0.496 e. The molecule has 0 unspecified atom stereocenters. The van der Waals surface area contributed by atoms with Crippen LogP contribution in [0.4, 0.5) is 13.2 Å². The maximum atomic E-state index is 12.4. The van der Waals surface area contributed by atoms with Crippen molar-refractivity contribution in [2.75, 3.05) is 14.2 Å². The van der Waals surface area contributed by atoms with E-state index in [-0.39, 0.29) is 16.4 Å². The summed E-state index contributed by atoms with van der Waals surface area (Å²) < 4.78 is 47.0. The molecule has 16 heavy (non-hydrogen) atoms. The number of ether oxygens (including phenoxy) is 2. The Bertz CT molecular complexity index is 402. The van der Waals surface area contributed by atoms with Gasteiger partial charge in [-0.15, -0.1) is 0 Å². The van der Waals surface area contributed by atoms with E-state index < -0.39 is 11.7 Å². The van der Waals surface area contributed by atoms with Gasteiger partial charge in [-0.3, -0.25) is 0 Å². The molecular formula is C10H9F3O2S. The van der Waals surface area contributed by atoms with E-state index in [0.717, 1.165) is 12.1 Å². The van der Waals surface area contributed by atoms with Gasteiger partial charge in [-0.25, -0.2) is 0 Å². The van der Waals surface area contributed by atoms with Gasteiger partial charge in [-0.05, 0) is 30.4 Å². The van der Waals surface area contributed by atoms with Crippen molar-refractivity contribution in [3.05, 3.63) is 29.3 Å². The molecule has 0 aliphatic carbocycles. The summed E-state index contributed by atoms with van der Waals surface area (Å²) in [7, 11) is 2.65. The molecule has 0 atom stereocenters. The van der Waals surface area contributed by atoms with Gasteiger partial charge in [-0.1, -0.05) is 0 Å². The van der Waals surface area contributed by atoms with Crippen molar-refractivity contribution in [3.8, 4) is 5.75 Å². The third-order valence-electron chi connectivity index (χ3n) is 1.93. The van der Waals surface area contributed by atoms with Crippen molar-refractivity contribution in [2.45, 2.75) is 6.18 Å². The Kier molecular flexibility index (Phi) is 3.74. The molecule has 1 rings (SSSR count). The molecule has 0 bridgehead atoms. The lowest BCUT2D eigenvalue weighted by Gasteiger charge is -2.12. The molecule has 2 nitrogen and oxygen atoms in total. The molecule has 0 saturated carbocycles. The second-order valence-corrected chi connectivity index (χ2v) is 3.28. The molecule has 0 saturated heterocycles. The summed E-state index contributed by atoms with van der Waals surface area (Å²) in [5.74, 6) is 0.250. The van der Waals surface area contributed by atoms with Gasteiger partial charge in [0.2, 0.25) is 0 Å². The quantitative estimate of drug-likeness (QED) is 0.752. The van der Waals surface area contributed by atoms with Crippen LogP contribution in [0.3, 0.4) is 0 Å². The first kappa shape index (κ1) is 12.8. The molecule has 88 valence electrons. The number of benzene rings is 1. The Hall–Kier alpha value is -1.30. The molecule has 0 amide bonds. The zero-order chi connectivity index (χ0) is 12.3. The predicted molar refractivity (Wildman–Crippen MR) is 56.7 cm³/mol. The van der Waals surface area contributed by atoms with Crippen LogP contribution in [0.1, 0.15) is 11.1 Å². The molecule has 0 aliphatic rings. The zero-order valence-electron chi connectivity index (χ0n) is 8.59. The first-order valence-electron chi connectivity index (χ1n) is 4.23. The smallest absolute Gasteiger partial charge is 0.416 e. The fourth-order valence-corrected chi connectivity index (χ4v) is 1.31. The van der Waals surface area contributed by atoms with Crippen LogP contribution >= 0.6 is 12.2 Å². The molecule has 0 aliphatic heterocycles. The highest BCUT2D eigenvalue weighted by Gasteiger charge is 2.31. The second-order valence-electron chi connectivity index (χ2n) is 2.90. The minimum atomic E-state index is -4.41. The monoisotopic (exact) mass is 250 g/mol. The van der Waals surface area contributed by atoms with E-state index in [1.54, 1.807) is 0 Å². The van der Waals surface area contributed by atoms with Gasteiger partial charge in [0.1, 0.15) is 5.75 Å². The average Bonchev–Trinajstić information content (AvgIpc) is 2.25. The van der Waals surface area contributed by atoms with E-state index in [1.165, 1.54) is 20.3 Å². The van der Waals surface area contributed by atoms with Gasteiger partial charge >= 0.3 is 6.18 Å². The molecule has 0 aromatic heterocycles. The molecule has 0 heterocycles. The van der Waals surface area contributed by atoms with Crippen LogP contribution in [0.25, 0.3) is 0 Å². The lowest BCUT2D eigenvalue weighted by molar-refractivity contribution is -0.137. The van der Waals surface area contributed by atoms with E-state index in [2.05, 4.69) is 0 Å². The molecule has 0 N–H and O–H groups in total. The van der Waals surface area contributed by atoms with Gasteiger partial charge in [0.25, 0.3) is 0 Å². The van der Waals surface area contributed by atoms with Crippen molar-refractivity contribution in [1.82, 2.24) is 0 Å². The lowest BCUT2D eigenvalue weighted by Crippen LogP contribution is -2.09. The summed E-state index contributed by atoms with van der Waals surface area (Å²) in [4.78, 5) is 0. The number of rotatable bonds is 2. The van der Waals surface area contributed by atoms with Crippen LogP contribution in [0.2, 0.25) is 0 Å². The van der Waals surface area contributed by atoms with E-state index >= 15 is 0 Å². The summed E-state index contributed by atoms with van der Waals surface area (Å²) in [5.41, 5.74) is -0.669. The fraction of sp³-hybridized carbons (Fsp3) is 0.300. The van der Waals surface area contributed by atoms with Gasteiger partial charge in [0.05, 0.1) is 25.3 Å². The maximum Gasteiger partial charge on any atom is 0.416 e. The van der Waals surface area contributed by atoms with Crippen LogP contribution in [0.5, 0.6) is 5.75 Å². The summed E-state index contributed by atoms with van der Waals surface area (Å²) >= 11 is 4.79. The van der Waals surface area contributed by atoms with Crippen molar-refractivity contribution < 1.29 is 22.6 Å². The lowest BCUT2D eigenvalue weighted by atomic mass is 10.1. The molecule has 1 aromatic rings. The SMILES string of the molecule is COC(=S)c1cc(C(F)(F)F)ccc1OC. The Labute approximate surface area is 96.0 Å². The van der Waals surface area contributed by atoms with E-state index in [9.17, 15) is 13.2 Å². The summed E-state index contributed by atoms with van der Waals surface area (Å²) in [5, 5.41) is -0.0389. The molecule has 0 spiro atoms. The van der Waals surface area contributed by atoms with Crippen molar-refractivity contribution >= 4 is 17.3 Å². The maximum absolute atomic E-state index is 12.4. The Morgan fingerprint density at radius 2 is 1.88 bits per heavy atom. The minimum absolute atomic E-state index is 0.0389. The molecule has 6 heteroatoms. The van der Waals surface area contributed by atoms with Crippen molar-refractivity contribution in [1.29, 1.82) is 0 Å². The van der Waals surface area contributed by atoms with Gasteiger partial charge < -0.3 is 9.47 Å². The van der Waals surface area contributed by atoms with E-state index in [1.807, 2.05) is 0 Å². The first-order valence-corrected chi connectivity index (χ1v) is 4.64. The third-order valence-corrected chi connectivity index (χ3v) is 2.32. The topological polar surface area (TPSA) is 18.5 Å². The third kappa shape index (κ3) is 2.63. The van der Waals surface area contributed by atoms with Gasteiger partial charge in [-0.2, -0.15) is 13.2 Å². The normalized spacial score (nSPS) is 11.1. The van der Waals surface area contributed by atoms with Crippen LogP contribution < -0.4 is 4.74 Å². The van der Waals surface area contributed by atoms with Crippen molar-refractivity contribution in [2.24, 2.45) is 0 Å². The number of halogens is 3. The Morgan fingerprint density at radius 1 is 1.25 bits per heavy atom. The summed E-state index contributed by atoms with van der Waals surface area (Å²) in [6.45, 7) is 0. The number of hydrogen-bond acceptors (Lipinski definition) is 3. The van der Waals surface area contributed by atoms with E-state index in [4.69, 9.17) is 21.7 Å². The summed E-state index contributed by atoms with van der Waals surface area (Å²) in [6, 6.07) is 3.05. The van der Waals surface area contributed by atoms with Crippen LogP contribution in [0.15, 0.2) is 18.2 Å². The summed E-state index contributed by atoms with van der Waals surface area (Å²) in [6.07, 6.45) is -4.41. The average molecular weight is 250 g/mol. The molecule has 0 fully saturated rings. The standard InChI is InChI=1S/C10H9F3O2S/c1-14-8-4-3-6(10(11,12)13)5-7(8)9(16)15-2/h3-5H,1-2H3. The Morgan fingerprint density at radius 3 is 2.31 bits per heavy atom. The largest absolute Gasteiger partial charge is 0.496 e. The zero-order valence-corrected chi connectivity index (χ0v) is 9.41. The highest BCUT2D eigenvalue weighted by atomic mass is 32.1.